The van der Waals surface area contributed by atoms with Crippen LogP contribution in [0.25, 0.3) is 0 Å². The molecule has 0 amide bonds. The zero-order chi connectivity index (χ0) is 34.2. The summed E-state index contributed by atoms with van der Waals surface area (Å²) in [6.45, 7) is 16.8. The monoisotopic (exact) mass is 738 g/mol. The van der Waals surface area contributed by atoms with Gasteiger partial charge in [0.2, 0.25) is 0 Å². The van der Waals surface area contributed by atoms with Crippen molar-refractivity contribution in [3.05, 3.63) is 23.3 Å². The minimum Gasteiger partial charge on any atom is -0.716 e. The molecule has 49 heavy (non-hydrogen) atoms. The quantitative estimate of drug-likeness (QED) is 0.253. The van der Waals surface area contributed by atoms with E-state index in [4.69, 9.17) is 13.1 Å². The van der Waals surface area contributed by atoms with Crippen LogP contribution in [-0.2, 0) is 37.4 Å². The molecule has 1 aromatic carbocycles. The van der Waals surface area contributed by atoms with Crippen LogP contribution in [0, 0.1) is 45.3 Å². The predicted octanol–water partition coefficient (Wildman–Crippen LogP) is 1.20. The van der Waals surface area contributed by atoms with Crippen molar-refractivity contribution in [1.29, 1.82) is 0 Å². The standard InChI is InChI=1S/C36H54O9S2.2Na/c1-31(2)15-8-16-36(7)25(31)11-18-34(5)27-12-17-33(4)26(32(27,3)20-14-29(34)43-36)13-19-35(6)28(33)21-22-23(44-46(37,38)39)9-10-24(30(22)35)45-47(40,41)42;;/h9-10,25-29H,8,11-21H2,1-7H3,(H,37,38,39)(H,40,41,42);;/q;2*+1/p-2/t25-,26+,27+,28-,29-,32+,33+,34-,35-,36-;;/m0../s1. The Bertz CT molecular complexity index is 1700. The predicted molar refractivity (Wildman–Crippen MR) is 174 cm³/mol. The molecular weight excluding hydrogens is 687 g/mol. The van der Waals surface area contributed by atoms with Crippen LogP contribution in [0.3, 0.4) is 0 Å². The number of benzene rings is 1. The van der Waals surface area contributed by atoms with Gasteiger partial charge in [-0.05, 0) is 135 Å². The Balaban J connectivity index is 0.00000234. The summed E-state index contributed by atoms with van der Waals surface area (Å²) < 4.78 is 87.9. The minimum atomic E-state index is -5.10. The van der Waals surface area contributed by atoms with E-state index >= 15 is 0 Å². The Morgan fingerprint density at radius 1 is 0.653 bits per heavy atom. The molecule has 0 spiro atoms. The van der Waals surface area contributed by atoms with Gasteiger partial charge in [0.15, 0.2) is 0 Å². The van der Waals surface area contributed by atoms with Gasteiger partial charge in [0, 0.05) is 16.5 Å². The van der Waals surface area contributed by atoms with Crippen molar-refractivity contribution in [1.82, 2.24) is 0 Å². The molecule has 0 radical (unpaired) electrons. The fraction of sp³-hybridized carbons (Fsp3) is 0.833. The van der Waals surface area contributed by atoms with E-state index in [9.17, 15) is 25.9 Å². The van der Waals surface area contributed by atoms with E-state index in [1.165, 1.54) is 37.8 Å². The number of ether oxygens (including phenoxy) is 1. The molecule has 6 aliphatic rings. The maximum Gasteiger partial charge on any atom is 1.00 e. The van der Waals surface area contributed by atoms with Crippen molar-refractivity contribution < 1.29 is 98.2 Å². The van der Waals surface area contributed by atoms with Crippen molar-refractivity contribution in [3.63, 3.8) is 0 Å². The smallest absolute Gasteiger partial charge is 0.716 e. The molecule has 0 aromatic heterocycles. The van der Waals surface area contributed by atoms with E-state index in [2.05, 4.69) is 48.5 Å². The molecule has 264 valence electrons. The van der Waals surface area contributed by atoms with Gasteiger partial charge in [-0.3, -0.25) is 0 Å². The second-order valence-electron chi connectivity index (χ2n) is 18.2. The summed E-state index contributed by atoms with van der Waals surface area (Å²) in [6.07, 6.45) is 12.4. The molecule has 0 unspecified atom stereocenters. The van der Waals surface area contributed by atoms with Gasteiger partial charge in [-0.1, -0.05) is 48.0 Å². The fourth-order valence-corrected chi connectivity index (χ4v) is 14.5. The van der Waals surface area contributed by atoms with Crippen LogP contribution < -0.4 is 67.5 Å². The van der Waals surface area contributed by atoms with E-state index in [0.717, 1.165) is 44.9 Å². The maximum atomic E-state index is 11.8. The Kier molecular flexibility index (Phi) is 10.7. The van der Waals surface area contributed by atoms with Crippen LogP contribution in [0.5, 0.6) is 11.5 Å². The summed E-state index contributed by atoms with van der Waals surface area (Å²) >= 11 is 0. The van der Waals surface area contributed by atoms with Crippen LogP contribution in [0.15, 0.2) is 12.1 Å². The maximum absolute atomic E-state index is 11.8. The molecule has 1 saturated heterocycles. The van der Waals surface area contributed by atoms with Crippen molar-refractivity contribution in [3.8, 4) is 11.5 Å². The first-order valence-electron chi connectivity index (χ1n) is 17.7. The summed E-state index contributed by atoms with van der Waals surface area (Å²) in [5.74, 6) is 1.23. The molecule has 10 atom stereocenters. The van der Waals surface area contributed by atoms with Gasteiger partial charge < -0.3 is 22.2 Å². The first-order chi connectivity index (χ1) is 21.6. The Hall–Kier alpha value is 0.600. The molecule has 0 bridgehead atoms. The molecule has 5 fully saturated rings. The van der Waals surface area contributed by atoms with Gasteiger partial charge in [-0.25, -0.2) is 16.8 Å². The molecule has 1 aromatic rings. The summed E-state index contributed by atoms with van der Waals surface area (Å²) in [6, 6.07) is 2.49. The molecule has 1 aliphatic heterocycles. The largest absolute Gasteiger partial charge is 1.00 e. The topological polar surface area (TPSA) is 142 Å². The molecule has 5 aliphatic carbocycles. The summed E-state index contributed by atoms with van der Waals surface area (Å²) in [5, 5.41) is 0. The molecule has 4 saturated carbocycles. The van der Waals surface area contributed by atoms with Crippen LogP contribution in [0.2, 0.25) is 0 Å². The number of fused-ring (bicyclic) bond motifs is 10. The Labute approximate surface area is 338 Å². The average molecular weight is 739 g/mol. The normalized spacial score (nSPS) is 43.7. The van der Waals surface area contributed by atoms with Gasteiger partial charge in [0.25, 0.3) is 20.8 Å². The molecule has 9 nitrogen and oxygen atoms in total. The van der Waals surface area contributed by atoms with E-state index in [-0.39, 0.29) is 110 Å². The molecule has 1 heterocycles. The first kappa shape index (κ1) is 40.8. The zero-order valence-electron chi connectivity index (χ0n) is 31.0. The SMILES string of the molecule is CC1(C)CCC[C@]2(C)O[C@H]3CC[C@@]4(C)[C@@H](CC[C@]5(C)[C@@H]4CC[C@]4(C)c6c(OS(=O)(=O)[O-])ccc(OS(=O)(=O)[O-])c6C[C@@H]54)[C@]3(C)CC[C@@H]12.[Na+].[Na+]. The van der Waals surface area contributed by atoms with Gasteiger partial charge in [-0.2, -0.15) is 0 Å². The fourth-order valence-electron chi connectivity index (χ4n) is 13.8. The van der Waals surface area contributed by atoms with Gasteiger partial charge in [0.05, 0.1) is 11.7 Å². The van der Waals surface area contributed by atoms with Crippen molar-refractivity contribution in [2.45, 2.75) is 143 Å². The number of hydrogen-bond acceptors (Lipinski definition) is 9. The second-order valence-corrected chi connectivity index (χ2v) is 20.1. The van der Waals surface area contributed by atoms with E-state index < -0.39 is 26.2 Å². The number of rotatable bonds is 4. The van der Waals surface area contributed by atoms with E-state index in [0.29, 0.717) is 35.3 Å². The third kappa shape index (κ3) is 6.38. The molecule has 7 rings (SSSR count). The molecule has 0 N–H and O–H groups in total. The zero-order valence-corrected chi connectivity index (χ0v) is 36.7. The Morgan fingerprint density at radius 2 is 1.16 bits per heavy atom. The summed E-state index contributed by atoms with van der Waals surface area (Å²) in [5.41, 5.74) is 0.500. The third-order valence-electron chi connectivity index (χ3n) is 15.5. The second kappa shape index (κ2) is 12.8. The Morgan fingerprint density at radius 3 is 1.82 bits per heavy atom. The van der Waals surface area contributed by atoms with Crippen molar-refractivity contribution in [2.75, 3.05) is 0 Å². The number of hydrogen-bond donors (Lipinski definition) is 0. The first-order valence-corrected chi connectivity index (χ1v) is 20.4. The van der Waals surface area contributed by atoms with Gasteiger partial charge in [0.1, 0.15) is 11.5 Å². The van der Waals surface area contributed by atoms with Gasteiger partial charge >= 0.3 is 59.1 Å². The van der Waals surface area contributed by atoms with Crippen molar-refractivity contribution >= 4 is 20.8 Å². The molecule has 13 heteroatoms. The van der Waals surface area contributed by atoms with Gasteiger partial charge in [-0.15, -0.1) is 0 Å². The van der Waals surface area contributed by atoms with Crippen molar-refractivity contribution in [2.24, 2.45) is 45.3 Å². The summed E-state index contributed by atoms with van der Waals surface area (Å²) in [7, 11) is -10.2. The average Bonchev–Trinajstić information content (AvgIpc) is 3.18. The van der Waals surface area contributed by atoms with Crippen LogP contribution in [-0.4, -0.2) is 37.6 Å². The van der Waals surface area contributed by atoms with Crippen LogP contribution in [0.4, 0.5) is 0 Å². The van der Waals surface area contributed by atoms with Crippen LogP contribution in [0.1, 0.15) is 130 Å². The summed E-state index contributed by atoms with van der Waals surface area (Å²) in [4.78, 5) is 0. The minimum absolute atomic E-state index is 0. The van der Waals surface area contributed by atoms with E-state index in [1.54, 1.807) is 0 Å². The van der Waals surface area contributed by atoms with Crippen LogP contribution >= 0.6 is 0 Å². The third-order valence-corrected chi connectivity index (χ3v) is 16.3. The molecular formula is C36H52Na2O9S2. The van der Waals surface area contributed by atoms with E-state index in [1.807, 2.05) is 0 Å².